The second-order valence-corrected chi connectivity index (χ2v) is 5.28. The van der Waals surface area contributed by atoms with Crippen LogP contribution < -0.4 is 0 Å². The Morgan fingerprint density at radius 3 is 2.25 bits per heavy atom. The number of rotatable bonds is 3. The summed E-state index contributed by atoms with van der Waals surface area (Å²) >= 11 is 0. The largest absolute Gasteiger partial charge is 0.381 e. The van der Waals surface area contributed by atoms with Crippen LogP contribution in [-0.4, -0.2) is 36.1 Å². The van der Waals surface area contributed by atoms with Crippen molar-refractivity contribution in [1.29, 1.82) is 0 Å². The fourth-order valence-corrected chi connectivity index (χ4v) is 2.58. The van der Waals surface area contributed by atoms with Crippen LogP contribution in [-0.2, 0) is 9.53 Å². The van der Waals surface area contributed by atoms with E-state index in [2.05, 4.69) is 20.8 Å². The predicted octanol–water partition coefficient (Wildman–Crippen LogP) is 2.30. The van der Waals surface area contributed by atoms with Gasteiger partial charge in [-0.2, -0.15) is 0 Å². The number of carbonyl (C=O) groups is 1. The molecule has 3 heteroatoms. The van der Waals surface area contributed by atoms with E-state index in [0.717, 1.165) is 6.42 Å². The number of nitrogens with zero attached hydrogens (tertiary/aromatic N) is 1. The van der Waals surface area contributed by atoms with Crippen molar-refractivity contribution in [3.8, 4) is 0 Å². The lowest BCUT2D eigenvalue weighted by Gasteiger charge is -2.31. The summed E-state index contributed by atoms with van der Waals surface area (Å²) in [6.07, 6.45) is 1.10. The van der Waals surface area contributed by atoms with Crippen molar-refractivity contribution < 1.29 is 9.53 Å². The molecule has 16 heavy (non-hydrogen) atoms. The third-order valence-electron chi connectivity index (χ3n) is 4.17. The zero-order valence-electron chi connectivity index (χ0n) is 11.4. The summed E-state index contributed by atoms with van der Waals surface area (Å²) < 4.78 is 5.24. The average molecular weight is 227 g/mol. The molecule has 0 bridgehead atoms. The molecule has 3 nitrogen and oxygen atoms in total. The van der Waals surface area contributed by atoms with Crippen molar-refractivity contribution in [2.45, 2.75) is 59.2 Å². The molecular weight excluding hydrogens is 202 g/mol. The summed E-state index contributed by atoms with van der Waals surface area (Å²) in [5, 5.41) is 0. The molecule has 0 aromatic heterocycles. The van der Waals surface area contributed by atoms with E-state index in [0.29, 0.717) is 18.0 Å². The highest BCUT2D eigenvalue weighted by Crippen LogP contribution is 2.31. The summed E-state index contributed by atoms with van der Waals surface area (Å²) in [7, 11) is 1.66. The lowest BCUT2D eigenvalue weighted by atomic mass is 10.0. The first kappa shape index (κ1) is 13.5. The Morgan fingerprint density at radius 1 is 1.31 bits per heavy atom. The topological polar surface area (TPSA) is 29.5 Å². The second-order valence-electron chi connectivity index (χ2n) is 5.28. The predicted molar refractivity (Wildman–Crippen MR) is 65.2 cm³/mol. The Morgan fingerprint density at radius 2 is 1.88 bits per heavy atom. The first-order chi connectivity index (χ1) is 7.40. The standard InChI is InChI=1S/C13H25NO2/c1-8-7-9(2)14(11(8)4)13(15)10(3)12(5)16-6/h8-12H,7H2,1-6H3/t8?,9-,10?,11?,12?/m1/s1. The molecule has 1 aliphatic heterocycles. The zero-order valence-corrected chi connectivity index (χ0v) is 11.4. The third kappa shape index (κ3) is 2.40. The molecule has 0 saturated carbocycles. The van der Waals surface area contributed by atoms with Gasteiger partial charge in [0.25, 0.3) is 0 Å². The van der Waals surface area contributed by atoms with Gasteiger partial charge in [0.05, 0.1) is 12.0 Å². The number of hydrogen-bond acceptors (Lipinski definition) is 2. The van der Waals surface area contributed by atoms with Crippen LogP contribution in [0.25, 0.3) is 0 Å². The monoisotopic (exact) mass is 227 g/mol. The third-order valence-corrected chi connectivity index (χ3v) is 4.17. The van der Waals surface area contributed by atoms with Gasteiger partial charge in [-0.1, -0.05) is 13.8 Å². The van der Waals surface area contributed by atoms with Crippen LogP contribution in [0.1, 0.15) is 41.0 Å². The molecule has 1 fully saturated rings. The van der Waals surface area contributed by atoms with Gasteiger partial charge < -0.3 is 9.64 Å². The maximum absolute atomic E-state index is 12.4. The molecule has 0 radical (unpaired) electrons. The first-order valence-electron chi connectivity index (χ1n) is 6.25. The molecule has 1 heterocycles. The highest BCUT2D eigenvalue weighted by molar-refractivity contribution is 5.80. The molecule has 1 rings (SSSR count). The SMILES string of the molecule is COC(C)C(C)C(=O)N1C(C)C(C)C[C@H]1C. The number of hydrogen-bond donors (Lipinski definition) is 0. The molecule has 0 aromatic carbocycles. The van der Waals surface area contributed by atoms with E-state index in [9.17, 15) is 4.79 Å². The maximum Gasteiger partial charge on any atom is 0.228 e. The van der Waals surface area contributed by atoms with E-state index in [4.69, 9.17) is 4.74 Å². The van der Waals surface area contributed by atoms with E-state index in [1.807, 2.05) is 18.7 Å². The fraction of sp³-hybridized carbons (Fsp3) is 0.923. The van der Waals surface area contributed by atoms with Crippen molar-refractivity contribution in [1.82, 2.24) is 4.90 Å². The lowest BCUT2D eigenvalue weighted by Crippen LogP contribution is -2.45. The van der Waals surface area contributed by atoms with Crippen molar-refractivity contribution >= 4 is 5.91 Å². The van der Waals surface area contributed by atoms with Gasteiger partial charge in [-0.05, 0) is 33.1 Å². The Bertz CT molecular complexity index is 254. The van der Waals surface area contributed by atoms with Crippen LogP contribution in [0.5, 0.6) is 0 Å². The number of amides is 1. The lowest BCUT2D eigenvalue weighted by molar-refractivity contribution is -0.141. The van der Waals surface area contributed by atoms with E-state index >= 15 is 0 Å². The Kier molecular flexibility index (Phi) is 4.36. The summed E-state index contributed by atoms with van der Waals surface area (Å²) in [5.74, 6) is 0.780. The quantitative estimate of drug-likeness (QED) is 0.740. The Hall–Kier alpha value is -0.570. The molecule has 0 aliphatic carbocycles. The van der Waals surface area contributed by atoms with Gasteiger partial charge in [-0.15, -0.1) is 0 Å². The van der Waals surface area contributed by atoms with Gasteiger partial charge in [0.2, 0.25) is 5.91 Å². The molecule has 4 unspecified atom stereocenters. The van der Waals surface area contributed by atoms with Crippen LogP contribution in [0.15, 0.2) is 0 Å². The molecule has 0 N–H and O–H groups in total. The highest BCUT2D eigenvalue weighted by atomic mass is 16.5. The summed E-state index contributed by atoms with van der Waals surface area (Å²) in [6.45, 7) is 10.4. The summed E-state index contributed by atoms with van der Waals surface area (Å²) in [5.41, 5.74) is 0. The average Bonchev–Trinajstić information content (AvgIpc) is 2.50. The minimum atomic E-state index is -0.0554. The van der Waals surface area contributed by atoms with Gasteiger partial charge in [0, 0.05) is 19.2 Å². The van der Waals surface area contributed by atoms with E-state index in [-0.39, 0.29) is 17.9 Å². The smallest absolute Gasteiger partial charge is 0.228 e. The second kappa shape index (κ2) is 5.17. The van der Waals surface area contributed by atoms with Crippen molar-refractivity contribution in [3.63, 3.8) is 0 Å². The molecule has 1 aliphatic rings. The van der Waals surface area contributed by atoms with Crippen LogP contribution >= 0.6 is 0 Å². The summed E-state index contributed by atoms with van der Waals surface area (Å²) in [4.78, 5) is 14.4. The molecule has 1 saturated heterocycles. The number of methoxy groups -OCH3 is 1. The minimum Gasteiger partial charge on any atom is -0.381 e. The fourth-order valence-electron chi connectivity index (χ4n) is 2.58. The van der Waals surface area contributed by atoms with E-state index in [1.54, 1.807) is 7.11 Å². The van der Waals surface area contributed by atoms with Crippen molar-refractivity contribution in [2.75, 3.05) is 7.11 Å². The first-order valence-corrected chi connectivity index (χ1v) is 6.25. The van der Waals surface area contributed by atoms with E-state index in [1.165, 1.54) is 0 Å². The number of carbonyl (C=O) groups excluding carboxylic acids is 1. The van der Waals surface area contributed by atoms with Gasteiger partial charge in [-0.25, -0.2) is 0 Å². The Labute approximate surface area is 99.1 Å². The maximum atomic E-state index is 12.4. The number of likely N-dealkylation sites (tertiary alicyclic amines) is 1. The van der Waals surface area contributed by atoms with Gasteiger partial charge in [0.15, 0.2) is 0 Å². The van der Waals surface area contributed by atoms with Crippen LogP contribution in [0.4, 0.5) is 0 Å². The van der Waals surface area contributed by atoms with Crippen LogP contribution in [0, 0.1) is 11.8 Å². The minimum absolute atomic E-state index is 0.0113. The van der Waals surface area contributed by atoms with Gasteiger partial charge in [0.1, 0.15) is 0 Å². The molecule has 5 atom stereocenters. The molecule has 1 amide bonds. The van der Waals surface area contributed by atoms with Crippen LogP contribution in [0.2, 0.25) is 0 Å². The molecular formula is C13H25NO2. The normalized spacial score (nSPS) is 33.9. The number of ether oxygens (including phenoxy) is 1. The van der Waals surface area contributed by atoms with Crippen molar-refractivity contribution in [3.05, 3.63) is 0 Å². The highest BCUT2D eigenvalue weighted by Gasteiger charge is 2.39. The molecule has 0 aromatic rings. The van der Waals surface area contributed by atoms with Gasteiger partial charge in [-0.3, -0.25) is 4.79 Å². The van der Waals surface area contributed by atoms with Crippen LogP contribution in [0.3, 0.4) is 0 Å². The van der Waals surface area contributed by atoms with E-state index < -0.39 is 0 Å². The van der Waals surface area contributed by atoms with Crippen molar-refractivity contribution in [2.24, 2.45) is 11.8 Å². The van der Waals surface area contributed by atoms with Gasteiger partial charge >= 0.3 is 0 Å². The zero-order chi connectivity index (χ0) is 12.5. The molecule has 94 valence electrons. The molecule has 0 spiro atoms. The summed E-state index contributed by atoms with van der Waals surface area (Å²) in [6, 6.07) is 0.720. The Balaban J connectivity index is 2.73.